The van der Waals surface area contributed by atoms with E-state index in [0.29, 0.717) is 25.5 Å². The zero-order valence-corrected chi connectivity index (χ0v) is 21.5. The number of ether oxygens (including phenoxy) is 1. The molecule has 2 aromatic rings. The molecule has 6 nitrogen and oxygen atoms in total. The molecule has 0 radical (unpaired) electrons. The lowest BCUT2D eigenvalue weighted by atomic mass is 9.92. The van der Waals surface area contributed by atoms with Crippen LogP contribution in [-0.4, -0.2) is 42.0 Å². The minimum atomic E-state index is 0.208. The van der Waals surface area contributed by atoms with Crippen LogP contribution < -0.4 is 15.4 Å². The van der Waals surface area contributed by atoms with Gasteiger partial charge in [-0.1, -0.05) is 13.8 Å². The summed E-state index contributed by atoms with van der Waals surface area (Å²) in [7, 11) is 0. The van der Waals surface area contributed by atoms with Crippen LogP contribution in [0.15, 0.2) is 24.5 Å². The van der Waals surface area contributed by atoms with E-state index >= 15 is 0 Å². The highest BCUT2D eigenvalue weighted by molar-refractivity contribution is 5.99. The standard InChI is InChI=1S/C28H42N4O2/c1-5-23-18-30-28(31-19-23)32-12-10-24(11-13-32)7-6-14-34-25-15-21(3)27(22(4)16-25)26(33)9-8-20(2)17-29/h15-16,18-20,24H,5-14,17,29H2,1-4H3/t20-/m1/s1. The third-order valence-corrected chi connectivity index (χ3v) is 7.07. The highest BCUT2D eigenvalue weighted by atomic mass is 16.5. The van der Waals surface area contributed by atoms with Crippen molar-refractivity contribution < 1.29 is 9.53 Å². The van der Waals surface area contributed by atoms with Gasteiger partial charge in [0.2, 0.25) is 5.95 Å². The van der Waals surface area contributed by atoms with Gasteiger partial charge in [0.25, 0.3) is 0 Å². The van der Waals surface area contributed by atoms with Gasteiger partial charge in [-0.05, 0) is 99.6 Å². The van der Waals surface area contributed by atoms with Crippen LogP contribution in [0.1, 0.15) is 79.4 Å². The number of rotatable bonds is 12. The van der Waals surface area contributed by atoms with Crippen molar-refractivity contribution in [3.63, 3.8) is 0 Å². The summed E-state index contributed by atoms with van der Waals surface area (Å²) in [5.74, 6) is 3.04. The molecule has 0 amide bonds. The van der Waals surface area contributed by atoms with Crippen LogP contribution in [0, 0.1) is 25.7 Å². The molecule has 1 aliphatic heterocycles. The van der Waals surface area contributed by atoms with Gasteiger partial charge in [0.1, 0.15) is 5.75 Å². The fourth-order valence-corrected chi connectivity index (χ4v) is 4.74. The molecule has 0 bridgehead atoms. The summed E-state index contributed by atoms with van der Waals surface area (Å²) in [6, 6.07) is 4.02. The summed E-state index contributed by atoms with van der Waals surface area (Å²) in [5.41, 5.74) is 9.72. The van der Waals surface area contributed by atoms with E-state index < -0.39 is 0 Å². The average Bonchev–Trinajstić information content (AvgIpc) is 2.85. The summed E-state index contributed by atoms with van der Waals surface area (Å²) in [5, 5.41) is 0. The number of carbonyl (C=O) groups excluding carboxylic acids is 1. The van der Waals surface area contributed by atoms with Gasteiger partial charge in [0.15, 0.2) is 5.78 Å². The molecular formula is C28H42N4O2. The van der Waals surface area contributed by atoms with Gasteiger partial charge < -0.3 is 15.4 Å². The molecule has 0 saturated carbocycles. The summed E-state index contributed by atoms with van der Waals surface area (Å²) in [4.78, 5) is 24.1. The fourth-order valence-electron chi connectivity index (χ4n) is 4.74. The van der Waals surface area contributed by atoms with Crippen molar-refractivity contribution in [1.82, 2.24) is 9.97 Å². The van der Waals surface area contributed by atoms with E-state index in [1.807, 2.05) is 38.4 Å². The van der Waals surface area contributed by atoms with Crippen LogP contribution in [0.5, 0.6) is 5.75 Å². The number of Topliss-reactive ketones (excluding diaryl/α,β-unsaturated/α-hetero) is 1. The van der Waals surface area contributed by atoms with Crippen molar-refractivity contribution in [2.24, 2.45) is 17.6 Å². The fraction of sp³-hybridized carbons (Fsp3) is 0.607. The zero-order chi connectivity index (χ0) is 24.5. The van der Waals surface area contributed by atoms with Gasteiger partial charge in [0, 0.05) is 37.5 Å². The number of ketones is 1. The lowest BCUT2D eigenvalue weighted by Crippen LogP contribution is -2.35. The van der Waals surface area contributed by atoms with E-state index in [9.17, 15) is 4.79 Å². The van der Waals surface area contributed by atoms with Gasteiger partial charge in [-0.3, -0.25) is 4.79 Å². The number of anilines is 1. The number of benzene rings is 1. The molecule has 1 aromatic carbocycles. The number of piperidine rings is 1. The van der Waals surface area contributed by atoms with Crippen molar-refractivity contribution in [2.75, 3.05) is 31.1 Å². The van der Waals surface area contributed by atoms with Crippen LogP contribution in [-0.2, 0) is 6.42 Å². The Morgan fingerprint density at radius 3 is 2.41 bits per heavy atom. The molecule has 3 rings (SSSR count). The maximum absolute atomic E-state index is 12.7. The van der Waals surface area contributed by atoms with Crippen LogP contribution in [0.4, 0.5) is 5.95 Å². The first-order chi connectivity index (χ1) is 16.4. The van der Waals surface area contributed by atoms with Crippen LogP contribution in [0.3, 0.4) is 0 Å². The third kappa shape index (κ3) is 7.26. The lowest BCUT2D eigenvalue weighted by Gasteiger charge is -2.32. The van der Waals surface area contributed by atoms with Crippen molar-refractivity contribution in [1.29, 1.82) is 0 Å². The number of hydrogen-bond acceptors (Lipinski definition) is 6. The number of carbonyl (C=O) groups is 1. The smallest absolute Gasteiger partial charge is 0.225 e. The highest BCUT2D eigenvalue weighted by Crippen LogP contribution is 2.26. The van der Waals surface area contributed by atoms with Crippen molar-refractivity contribution in [2.45, 2.75) is 72.6 Å². The summed E-state index contributed by atoms with van der Waals surface area (Å²) in [6.45, 7) is 11.6. The molecule has 1 aromatic heterocycles. The van der Waals surface area contributed by atoms with E-state index in [1.54, 1.807) is 0 Å². The summed E-state index contributed by atoms with van der Waals surface area (Å²) >= 11 is 0. The first-order valence-electron chi connectivity index (χ1n) is 12.9. The molecule has 1 fully saturated rings. The van der Waals surface area contributed by atoms with Crippen molar-refractivity contribution in [3.8, 4) is 5.75 Å². The van der Waals surface area contributed by atoms with Crippen LogP contribution in [0.25, 0.3) is 0 Å². The van der Waals surface area contributed by atoms with E-state index in [4.69, 9.17) is 10.5 Å². The van der Waals surface area contributed by atoms with Crippen molar-refractivity contribution >= 4 is 11.7 Å². The molecule has 2 N–H and O–H groups in total. The molecule has 0 aliphatic carbocycles. The summed E-state index contributed by atoms with van der Waals surface area (Å²) < 4.78 is 6.06. The molecule has 1 saturated heterocycles. The van der Waals surface area contributed by atoms with Gasteiger partial charge in [-0.2, -0.15) is 0 Å². The minimum Gasteiger partial charge on any atom is -0.494 e. The first kappa shape index (κ1) is 26.1. The van der Waals surface area contributed by atoms with Gasteiger partial charge >= 0.3 is 0 Å². The van der Waals surface area contributed by atoms with E-state index in [-0.39, 0.29) is 5.78 Å². The Kier molecular flexibility index (Phi) is 9.87. The Morgan fingerprint density at radius 1 is 1.18 bits per heavy atom. The normalized spacial score (nSPS) is 15.4. The number of nitrogens with zero attached hydrogens (tertiary/aromatic N) is 3. The molecule has 0 spiro atoms. The predicted octanol–water partition coefficient (Wildman–Crippen LogP) is 5.29. The van der Waals surface area contributed by atoms with Crippen LogP contribution in [0.2, 0.25) is 0 Å². The van der Waals surface area contributed by atoms with Gasteiger partial charge in [-0.25, -0.2) is 9.97 Å². The molecule has 186 valence electrons. The van der Waals surface area contributed by atoms with E-state index in [0.717, 1.165) is 66.7 Å². The second kappa shape index (κ2) is 12.8. The predicted molar refractivity (Wildman–Crippen MR) is 139 cm³/mol. The monoisotopic (exact) mass is 466 g/mol. The molecule has 0 unspecified atom stereocenters. The lowest BCUT2D eigenvalue weighted by molar-refractivity contribution is 0.0973. The average molecular weight is 467 g/mol. The second-order valence-electron chi connectivity index (χ2n) is 9.90. The number of aryl methyl sites for hydroxylation is 3. The Morgan fingerprint density at radius 2 is 1.82 bits per heavy atom. The molecule has 34 heavy (non-hydrogen) atoms. The first-order valence-corrected chi connectivity index (χ1v) is 12.9. The molecule has 2 heterocycles. The van der Waals surface area contributed by atoms with E-state index in [2.05, 4.69) is 28.7 Å². The number of aromatic nitrogens is 2. The van der Waals surface area contributed by atoms with Crippen LogP contribution >= 0.6 is 0 Å². The Balaban J connectivity index is 1.40. The Hall–Kier alpha value is -2.47. The third-order valence-electron chi connectivity index (χ3n) is 7.07. The maximum atomic E-state index is 12.7. The zero-order valence-electron chi connectivity index (χ0n) is 21.5. The highest BCUT2D eigenvalue weighted by Gasteiger charge is 2.21. The van der Waals surface area contributed by atoms with Gasteiger partial charge in [-0.15, -0.1) is 0 Å². The Bertz CT molecular complexity index is 897. The number of hydrogen-bond donors (Lipinski definition) is 1. The minimum absolute atomic E-state index is 0.208. The number of nitrogens with two attached hydrogens (primary N) is 1. The largest absolute Gasteiger partial charge is 0.494 e. The molecule has 6 heteroatoms. The molecule has 1 atom stereocenters. The van der Waals surface area contributed by atoms with E-state index in [1.165, 1.54) is 24.8 Å². The van der Waals surface area contributed by atoms with Crippen molar-refractivity contribution in [3.05, 3.63) is 46.8 Å². The summed E-state index contributed by atoms with van der Waals surface area (Å²) in [6.07, 6.45) is 10.8. The molecular weight excluding hydrogens is 424 g/mol. The maximum Gasteiger partial charge on any atom is 0.225 e. The second-order valence-corrected chi connectivity index (χ2v) is 9.90. The van der Waals surface area contributed by atoms with Gasteiger partial charge in [0.05, 0.1) is 6.61 Å². The quantitative estimate of drug-likeness (QED) is 0.338. The SMILES string of the molecule is CCc1cnc(N2CCC(CCCOc3cc(C)c(C(=O)CC[C@@H](C)CN)c(C)c3)CC2)nc1. The Labute approximate surface area is 205 Å². The topological polar surface area (TPSA) is 81.3 Å². The molecule has 1 aliphatic rings.